The van der Waals surface area contributed by atoms with Crippen molar-refractivity contribution >= 4 is 17.7 Å². The second-order valence-corrected chi connectivity index (χ2v) is 13.6. The average Bonchev–Trinajstić information content (AvgIpc) is 2.72. The summed E-state index contributed by atoms with van der Waals surface area (Å²) in [5, 5.41) is 5.40. The number of carbonyl (C=O) groups excluding carboxylic acids is 1. The van der Waals surface area contributed by atoms with E-state index >= 15 is 0 Å². The van der Waals surface area contributed by atoms with E-state index in [9.17, 15) is 4.79 Å². The van der Waals surface area contributed by atoms with E-state index in [1.54, 1.807) is 7.05 Å². The highest BCUT2D eigenvalue weighted by atomic mass is 32.2. The molecule has 0 radical (unpaired) electrons. The van der Waals surface area contributed by atoms with Gasteiger partial charge in [0.15, 0.2) is 0 Å². The number of hydrogen-bond donors (Lipinski definition) is 1. The molecule has 0 atom stereocenters. The molecule has 6 heteroatoms. The van der Waals surface area contributed by atoms with E-state index in [0.29, 0.717) is 35.5 Å². The Morgan fingerprint density at radius 3 is 2.16 bits per heavy atom. The van der Waals surface area contributed by atoms with Gasteiger partial charge in [-0.3, -0.25) is 9.63 Å². The smallest absolute Gasteiger partial charge is 0.290 e. The number of nitrogens with one attached hydrogen (secondary N) is 1. The van der Waals surface area contributed by atoms with Gasteiger partial charge in [0.2, 0.25) is 5.76 Å². The van der Waals surface area contributed by atoms with Crippen molar-refractivity contribution in [3.63, 3.8) is 0 Å². The molecule has 5 aliphatic rings. The van der Waals surface area contributed by atoms with E-state index in [2.05, 4.69) is 26.1 Å². The molecule has 5 aliphatic carbocycles. The number of carbonyl (C=O) groups is 1. The van der Waals surface area contributed by atoms with Gasteiger partial charge in [-0.05, 0) is 86.2 Å². The number of allylic oxidation sites excluding steroid dienone is 1. The summed E-state index contributed by atoms with van der Waals surface area (Å²) < 4.78 is 0. The topological polar surface area (TPSA) is 50.8 Å². The van der Waals surface area contributed by atoms with E-state index in [1.165, 1.54) is 69.4 Å². The van der Waals surface area contributed by atoms with E-state index in [1.807, 2.05) is 18.7 Å². The van der Waals surface area contributed by atoms with Crippen LogP contribution in [-0.4, -0.2) is 36.1 Å². The van der Waals surface area contributed by atoms with Gasteiger partial charge in [-0.25, -0.2) is 0 Å². The highest BCUT2D eigenvalue weighted by Crippen LogP contribution is 2.53. The zero-order chi connectivity index (χ0) is 22.9. The fourth-order valence-corrected chi connectivity index (χ4v) is 7.88. The van der Waals surface area contributed by atoms with Gasteiger partial charge >= 0.3 is 0 Å². The Balaban J connectivity index is 1.44. The molecule has 32 heavy (non-hydrogen) atoms. The third-order valence-electron chi connectivity index (χ3n) is 7.85. The van der Waals surface area contributed by atoms with Crippen molar-refractivity contribution in [3.8, 4) is 0 Å². The predicted octanol–water partition coefficient (Wildman–Crippen LogP) is 6.07. The molecule has 0 aliphatic heterocycles. The normalized spacial score (nSPS) is 33.4. The highest BCUT2D eigenvalue weighted by Gasteiger charge is 2.49. The van der Waals surface area contributed by atoms with Gasteiger partial charge in [-0.1, -0.05) is 40.0 Å². The maximum atomic E-state index is 13.6. The van der Waals surface area contributed by atoms with Crippen LogP contribution in [0.15, 0.2) is 10.7 Å². The first-order valence-corrected chi connectivity index (χ1v) is 13.8. The summed E-state index contributed by atoms with van der Waals surface area (Å²) in [5.41, 5.74) is 0.0238. The van der Waals surface area contributed by atoms with Crippen molar-refractivity contribution in [1.82, 2.24) is 10.5 Å². The third kappa shape index (κ3) is 6.24. The van der Waals surface area contributed by atoms with Gasteiger partial charge in [-0.15, -0.1) is 11.8 Å². The number of rotatable bonds is 8. The van der Waals surface area contributed by atoms with Crippen LogP contribution in [0.2, 0.25) is 0 Å². The molecule has 0 heterocycles. The Bertz CT molecular complexity index is 668. The van der Waals surface area contributed by atoms with E-state index in [-0.39, 0.29) is 11.3 Å². The van der Waals surface area contributed by atoms with Crippen LogP contribution in [0, 0.1) is 29.1 Å². The summed E-state index contributed by atoms with van der Waals surface area (Å²) >= 11 is 1.82. The quantitative estimate of drug-likeness (QED) is 0.269. The summed E-state index contributed by atoms with van der Waals surface area (Å²) in [7, 11) is 1.75. The molecule has 5 saturated carbocycles. The lowest BCUT2D eigenvalue weighted by atomic mass is 9.54. The first-order chi connectivity index (χ1) is 15.2. The van der Waals surface area contributed by atoms with Crippen LogP contribution >= 0.6 is 11.8 Å². The van der Waals surface area contributed by atoms with Crippen molar-refractivity contribution in [2.45, 2.75) is 103 Å². The van der Waals surface area contributed by atoms with Gasteiger partial charge in [-0.2, -0.15) is 0 Å². The lowest BCUT2D eigenvalue weighted by molar-refractivity contribution is -0.340. The summed E-state index contributed by atoms with van der Waals surface area (Å²) in [6.07, 6.45) is 13.0. The molecule has 5 fully saturated rings. The highest BCUT2D eigenvalue weighted by molar-refractivity contribution is 8.03. The number of hydroxylamine groups is 2. The van der Waals surface area contributed by atoms with Crippen LogP contribution in [0.3, 0.4) is 0 Å². The van der Waals surface area contributed by atoms with Crippen molar-refractivity contribution in [2.75, 3.05) is 13.7 Å². The van der Waals surface area contributed by atoms with E-state index in [0.717, 1.165) is 16.7 Å². The van der Waals surface area contributed by atoms with E-state index < -0.39 is 0 Å². The van der Waals surface area contributed by atoms with Crippen molar-refractivity contribution < 1.29 is 14.5 Å². The summed E-state index contributed by atoms with van der Waals surface area (Å²) in [6.45, 7) is 8.95. The summed E-state index contributed by atoms with van der Waals surface area (Å²) in [4.78, 5) is 26.4. The van der Waals surface area contributed by atoms with Gasteiger partial charge in [0, 0.05) is 16.2 Å². The Kier molecular flexibility index (Phi) is 7.83. The monoisotopic (exact) mass is 464 g/mol. The Morgan fingerprint density at radius 1 is 1.00 bits per heavy atom. The molecule has 182 valence electrons. The maximum Gasteiger partial charge on any atom is 0.290 e. The van der Waals surface area contributed by atoms with Crippen LogP contribution in [-0.2, 0) is 14.5 Å². The molecule has 0 spiro atoms. The maximum absolute atomic E-state index is 13.6. The number of nitrogens with zero attached hydrogens (tertiary/aromatic N) is 1. The van der Waals surface area contributed by atoms with Gasteiger partial charge in [0.1, 0.15) is 0 Å². The van der Waals surface area contributed by atoms with Crippen LogP contribution in [0.1, 0.15) is 91.9 Å². The predicted molar refractivity (Wildman–Crippen MR) is 130 cm³/mol. The molecule has 1 N–H and O–H groups in total. The lowest BCUT2D eigenvalue weighted by Crippen LogP contribution is -2.56. The van der Waals surface area contributed by atoms with Crippen LogP contribution in [0.25, 0.3) is 0 Å². The number of amides is 1. The number of thioether (sulfide) groups is 1. The van der Waals surface area contributed by atoms with Gasteiger partial charge < -0.3 is 10.2 Å². The minimum absolute atomic E-state index is 0.0238. The van der Waals surface area contributed by atoms with Crippen molar-refractivity contribution in [3.05, 3.63) is 10.7 Å². The van der Waals surface area contributed by atoms with Crippen molar-refractivity contribution in [1.29, 1.82) is 0 Å². The van der Waals surface area contributed by atoms with Crippen LogP contribution in [0.4, 0.5) is 0 Å². The molecule has 5 rings (SSSR count). The fourth-order valence-electron chi connectivity index (χ4n) is 6.57. The van der Waals surface area contributed by atoms with E-state index in [4.69, 9.17) is 9.68 Å². The first-order valence-electron chi connectivity index (χ1n) is 12.9. The van der Waals surface area contributed by atoms with Crippen molar-refractivity contribution in [2.24, 2.45) is 29.1 Å². The molecular formula is C26H44N2O3S. The molecule has 1 amide bonds. The Morgan fingerprint density at radius 2 is 1.59 bits per heavy atom. The molecule has 4 bridgehead atoms. The third-order valence-corrected chi connectivity index (χ3v) is 9.19. The zero-order valence-corrected chi connectivity index (χ0v) is 21.6. The van der Waals surface area contributed by atoms with Crippen LogP contribution in [0.5, 0.6) is 0 Å². The SMILES string of the molecule is C/C(SC1CCCCC1)=C(\ON(C)OCC(C)(C)C)C(=O)NC1C2CC3CC(C2)CC1C3. The standard InChI is InChI=1S/C26H44N2O3S/c1-17(32-22-9-7-6-8-10-22)24(31-28(5)30-16-26(2,3)4)25(29)27-23-20-12-18-11-19(14-20)15-21(23)13-18/h18-23H,6-16H2,1-5H3,(H,27,29)/b24-17+. The Labute approximate surface area is 199 Å². The lowest BCUT2D eigenvalue weighted by Gasteiger charge is -2.54. The molecule has 0 aromatic heterocycles. The minimum Gasteiger partial charge on any atom is -0.374 e. The average molecular weight is 465 g/mol. The van der Waals surface area contributed by atoms with Gasteiger partial charge in [0.05, 0.1) is 13.7 Å². The molecule has 0 unspecified atom stereocenters. The summed E-state index contributed by atoms with van der Waals surface area (Å²) in [6, 6.07) is 0.308. The minimum atomic E-state index is -0.0607. The molecule has 5 nitrogen and oxygen atoms in total. The number of hydrogen-bond acceptors (Lipinski definition) is 5. The fraction of sp³-hybridized carbons (Fsp3) is 0.885. The largest absolute Gasteiger partial charge is 0.374 e. The molecule has 0 aromatic carbocycles. The summed E-state index contributed by atoms with van der Waals surface area (Å²) in [5.74, 6) is 3.46. The molecule has 0 aromatic rings. The molecular weight excluding hydrogens is 420 g/mol. The molecule has 0 saturated heterocycles. The van der Waals surface area contributed by atoms with Crippen LogP contribution < -0.4 is 5.32 Å². The van der Waals surface area contributed by atoms with Gasteiger partial charge in [0.25, 0.3) is 5.91 Å². The first kappa shape index (κ1) is 24.4. The second kappa shape index (κ2) is 10.3. The Hall–Kier alpha value is -0.720. The second-order valence-electron chi connectivity index (χ2n) is 12.1. The zero-order valence-electron chi connectivity index (χ0n) is 20.8.